The van der Waals surface area contributed by atoms with Gasteiger partial charge in [0.15, 0.2) is 5.58 Å². The molecule has 0 radical (unpaired) electrons. The van der Waals surface area contributed by atoms with Crippen molar-refractivity contribution in [3.8, 4) is 5.75 Å². The number of aromatic nitrogens is 1. The highest BCUT2D eigenvalue weighted by molar-refractivity contribution is 5.82. The Hall–Kier alpha value is -1.84. The van der Waals surface area contributed by atoms with Crippen LogP contribution in [0.3, 0.4) is 0 Å². The Labute approximate surface area is 80.4 Å². The van der Waals surface area contributed by atoms with Crippen molar-refractivity contribution in [2.24, 2.45) is 0 Å². The van der Waals surface area contributed by atoms with Gasteiger partial charge in [0.2, 0.25) is 0 Å². The maximum absolute atomic E-state index is 10.4. The van der Waals surface area contributed by atoms with Gasteiger partial charge in [-0.05, 0) is 18.2 Å². The molecule has 0 amide bonds. The van der Waals surface area contributed by atoms with Crippen molar-refractivity contribution in [1.82, 2.24) is 5.16 Å². The Bertz CT molecular complexity index is 461. The van der Waals surface area contributed by atoms with Crippen molar-refractivity contribution in [3.05, 3.63) is 23.9 Å². The average Bonchev–Trinajstić information content (AvgIpc) is 2.61. The van der Waals surface area contributed by atoms with E-state index in [9.17, 15) is 4.79 Å². The fraction of sp³-hybridized carbons (Fsp3) is 0.200. The highest BCUT2D eigenvalue weighted by Gasteiger charge is 2.08. The molecule has 0 atom stereocenters. The molecule has 4 heteroatoms. The smallest absolute Gasteiger partial charge is 0.167 e. The number of fused-ring (bicyclic) bond motifs is 1. The van der Waals surface area contributed by atoms with Gasteiger partial charge in [0, 0.05) is 11.8 Å². The summed E-state index contributed by atoms with van der Waals surface area (Å²) in [4.78, 5) is 10.4. The molecule has 4 nitrogen and oxygen atoms in total. The summed E-state index contributed by atoms with van der Waals surface area (Å²) in [6, 6.07) is 5.37. The quantitative estimate of drug-likeness (QED) is 0.691. The molecule has 1 aromatic heterocycles. The van der Waals surface area contributed by atoms with Crippen LogP contribution in [-0.4, -0.2) is 18.6 Å². The third-order valence-corrected chi connectivity index (χ3v) is 2.03. The van der Waals surface area contributed by atoms with Crippen molar-refractivity contribution in [2.75, 3.05) is 7.11 Å². The van der Waals surface area contributed by atoms with Crippen LogP contribution < -0.4 is 4.74 Å². The predicted octanol–water partition coefficient (Wildman–Crippen LogP) is 1.58. The first-order valence-corrected chi connectivity index (χ1v) is 4.21. The summed E-state index contributed by atoms with van der Waals surface area (Å²) < 4.78 is 10.1. The molecule has 0 fully saturated rings. The molecule has 0 unspecified atom stereocenters. The van der Waals surface area contributed by atoms with E-state index in [2.05, 4.69) is 5.16 Å². The average molecular weight is 191 g/mol. The molecule has 0 saturated heterocycles. The number of aldehydes is 1. The molecule has 0 aliphatic rings. The molecular formula is C10H9NO3. The Kier molecular flexibility index (Phi) is 2.18. The number of ether oxygens (including phenoxy) is 1. The highest BCUT2D eigenvalue weighted by atomic mass is 16.5. The molecule has 14 heavy (non-hydrogen) atoms. The van der Waals surface area contributed by atoms with E-state index in [4.69, 9.17) is 9.26 Å². The van der Waals surface area contributed by atoms with Gasteiger partial charge >= 0.3 is 0 Å². The fourth-order valence-electron chi connectivity index (χ4n) is 1.32. The molecule has 0 aliphatic carbocycles. The summed E-state index contributed by atoms with van der Waals surface area (Å²) in [5.74, 6) is 0.729. The van der Waals surface area contributed by atoms with Gasteiger partial charge in [0.25, 0.3) is 0 Å². The first-order chi connectivity index (χ1) is 6.85. The van der Waals surface area contributed by atoms with E-state index in [1.807, 2.05) is 6.07 Å². The maximum atomic E-state index is 10.4. The van der Waals surface area contributed by atoms with E-state index in [1.54, 1.807) is 19.2 Å². The van der Waals surface area contributed by atoms with Gasteiger partial charge in [0.1, 0.15) is 12.0 Å². The molecule has 72 valence electrons. The second-order valence-electron chi connectivity index (χ2n) is 2.86. The Morgan fingerprint density at radius 1 is 1.57 bits per heavy atom. The predicted molar refractivity (Wildman–Crippen MR) is 50.3 cm³/mol. The summed E-state index contributed by atoms with van der Waals surface area (Å²) in [6.45, 7) is 0. The lowest BCUT2D eigenvalue weighted by Gasteiger charge is -1.97. The van der Waals surface area contributed by atoms with Gasteiger partial charge in [-0.25, -0.2) is 0 Å². The van der Waals surface area contributed by atoms with Gasteiger partial charge in [0.05, 0.1) is 12.8 Å². The zero-order valence-corrected chi connectivity index (χ0v) is 7.69. The van der Waals surface area contributed by atoms with Crippen LogP contribution in [0, 0.1) is 0 Å². The van der Waals surface area contributed by atoms with Crippen molar-refractivity contribution in [1.29, 1.82) is 0 Å². The zero-order valence-electron chi connectivity index (χ0n) is 7.69. The minimum atomic E-state index is 0.264. The number of methoxy groups -OCH3 is 1. The second-order valence-corrected chi connectivity index (χ2v) is 2.86. The van der Waals surface area contributed by atoms with Crippen LogP contribution in [-0.2, 0) is 11.2 Å². The number of hydrogen-bond acceptors (Lipinski definition) is 4. The van der Waals surface area contributed by atoms with E-state index in [0.717, 1.165) is 17.4 Å². The highest BCUT2D eigenvalue weighted by Crippen LogP contribution is 2.23. The number of carbonyl (C=O) groups excluding carboxylic acids is 1. The van der Waals surface area contributed by atoms with Crippen LogP contribution in [0.25, 0.3) is 11.0 Å². The first kappa shape index (κ1) is 8.74. The summed E-state index contributed by atoms with van der Waals surface area (Å²) in [6.07, 6.45) is 1.07. The van der Waals surface area contributed by atoms with Crippen molar-refractivity contribution in [3.63, 3.8) is 0 Å². The molecule has 0 N–H and O–H groups in total. The molecule has 0 spiro atoms. The van der Waals surface area contributed by atoms with Gasteiger partial charge < -0.3 is 14.1 Å². The maximum Gasteiger partial charge on any atom is 0.167 e. The van der Waals surface area contributed by atoms with E-state index >= 15 is 0 Å². The van der Waals surface area contributed by atoms with Crippen molar-refractivity contribution in [2.45, 2.75) is 6.42 Å². The first-order valence-electron chi connectivity index (χ1n) is 4.21. The fourth-order valence-corrected chi connectivity index (χ4v) is 1.32. The SMILES string of the molecule is COc1ccc2onc(CC=O)c2c1. The van der Waals surface area contributed by atoms with Crippen LogP contribution >= 0.6 is 0 Å². The number of rotatable bonds is 3. The van der Waals surface area contributed by atoms with E-state index in [-0.39, 0.29) is 6.42 Å². The lowest BCUT2D eigenvalue weighted by Crippen LogP contribution is -1.86. The molecule has 0 aliphatic heterocycles. The zero-order chi connectivity index (χ0) is 9.97. The van der Waals surface area contributed by atoms with Gasteiger partial charge in [-0.1, -0.05) is 5.16 Å². The Balaban J connectivity index is 2.57. The van der Waals surface area contributed by atoms with Crippen molar-refractivity contribution < 1.29 is 14.1 Å². The Morgan fingerprint density at radius 3 is 3.14 bits per heavy atom. The molecule has 0 saturated carbocycles. The number of nitrogens with zero attached hydrogens (tertiary/aromatic N) is 1. The molecular weight excluding hydrogens is 182 g/mol. The largest absolute Gasteiger partial charge is 0.497 e. The summed E-state index contributed by atoms with van der Waals surface area (Å²) in [5, 5.41) is 4.63. The number of benzene rings is 1. The van der Waals surface area contributed by atoms with Crippen LogP contribution in [0.2, 0.25) is 0 Å². The van der Waals surface area contributed by atoms with Gasteiger partial charge in [-0.15, -0.1) is 0 Å². The summed E-state index contributed by atoms with van der Waals surface area (Å²) in [7, 11) is 1.59. The normalized spacial score (nSPS) is 10.4. The minimum absolute atomic E-state index is 0.264. The van der Waals surface area contributed by atoms with Crippen LogP contribution in [0.5, 0.6) is 5.75 Å². The molecule has 1 heterocycles. The standard InChI is InChI=1S/C10H9NO3/c1-13-7-2-3-10-8(6-7)9(4-5-12)11-14-10/h2-3,5-6H,4H2,1H3. The second kappa shape index (κ2) is 3.49. The van der Waals surface area contributed by atoms with Gasteiger partial charge in [-0.3, -0.25) is 0 Å². The lowest BCUT2D eigenvalue weighted by atomic mass is 10.2. The Morgan fingerprint density at radius 2 is 2.43 bits per heavy atom. The van der Waals surface area contributed by atoms with E-state index < -0.39 is 0 Å². The summed E-state index contributed by atoms with van der Waals surface area (Å²) in [5.41, 5.74) is 1.32. The van der Waals surface area contributed by atoms with Crippen molar-refractivity contribution >= 4 is 17.3 Å². The lowest BCUT2D eigenvalue weighted by molar-refractivity contribution is -0.107. The van der Waals surface area contributed by atoms with E-state index in [1.165, 1.54) is 0 Å². The van der Waals surface area contributed by atoms with Crippen LogP contribution in [0.4, 0.5) is 0 Å². The topological polar surface area (TPSA) is 52.3 Å². The van der Waals surface area contributed by atoms with Gasteiger partial charge in [-0.2, -0.15) is 0 Å². The van der Waals surface area contributed by atoms with Crippen LogP contribution in [0.1, 0.15) is 5.69 Å². The minimum Gasteiger partial charge on any atom is -0.497 e. The van der Waals surface area contributed by atoms with Crippen LogP contribution in [0.15, 0.2) is 22.7 Å². The third kappa shape index (κ3) is 1.35. The molecule has 1 aromatic carbocycles. The number of carbonyl (C=O) groups is 1. The molecule has 2 aromatic rings. The third-order valence-electron chi connectivity index (χ3n) is 2.03. The monoisotopic (exact) mass is 191 g/mol. The number of hydrogen-bond donors (Lipinski definition) is 0. The van der Waals surface area contributed by atoms with E-state index in [0.29, 0.717) is 11.3 Å². The summed E-state index contributed by atoms with van der Waals surface area (Å²) >= 11 is 0. The molecule has 2 rings (SSSR count). The molecule has 0 bridgehead atoms.